The molecule has 3 rings (SSSR count). The molecule has 0 unspecified atom stereocenters. The van der Waals surface area contributed by atoms with Gasteiger partial charge in [-0.2, -0.15) is 0 Å². The van der Waals surface area contributed by atoms with Crippen LogP contribution in [0.1, 0.15) is 22.7 Å². The minimum Gasteiger partial charge on any atom is -0.352 e. The third-order valence-corrected chi connectivity index (χ3v) is 4.59. The predicted molar refractivity (Wildman–Crippen MR) is 110 cm³/mol. The van der Waals surface area contributed by atoms with Gasteiger partial charge in [0, 0.05) is 5.69 Å². The monoisotopic (exact) mass is 384 g/mol. The van der Waals surface area contributed by atoms with E-state index in [1.165, 1.54) is 17.7 Å². The van der Waals surface area contributed by atoms with E-state index in [1.54, 1.807) is 6.07 Å². The van der Waals surface area contributed by atoms with Crippen molar-refractivity contribution in [3.05, 3.63) is 100 Å². The fraction of sp³-hybridized carbons (Fsp3) is 0.0952. The summed E-state index contributed by atoms with van der Waals surface area (Å²) in [5.41, 5.74) is 4.04. The molecule has 132 valence electrons. The van der Waals surface area contributed by atoms with Crippen molar-refractivity contribution < 1.29 is 4.39 Å². The van der Waals surface area contributed by atoms with Gasteiger partial charge in [0.1, 0.15) is 5.82 Å². The van der Waals surface area contributed by atoms with Crippen molar-refractivity contribution in [2.24, 2.45) is 0 Å². The van der Waals surface area contributed by atoms with Gasteiger partial charge in [-0.05, 0) is 54.0 Å². The van der Waals surface area contributed by atoms with Gasteiger partial charge >= 0.3 is 0 Å². The highest BCUT2D eigenvalue weighted by atomic mass is 35.5. The van der Waals surface area contributed by atoms with Crippen molar-refractivity contribution in [3.63, 3.8) is 0 Å². The Morgan fingerprint density at radius 2 is 1.69 bits per heavy atom. The second-order valence-electron chi connectivity index (χ2n) is 5.93. The molecule has 2 nitrogen and oxygen atoms in total. The first-order chi connectivity index (χ1) is 12.5. The van der Waals surface area contributed by atoms with Crippen LogP contribution in [0.4, 0.5) is 10.1 Å². The molecule has 0 aliphatic heterocycles. The molecule has 2 N–H and O–H groups in total. The summed E-state index contributed by atoms with van der Waals surface area (Å²) in [6, 6.07) is 22.6. The topological polar surface area (TPSA) is 24.1 Å². The predicted octanol–water partition coefficient (Wildman–Crippen LogP) is 5.86. The zero-order chi connectivity index (χ0) is 18.5. The van der Waals surface area contributed by atoms with Crippen LogP contribution in [0.3, 0.4) is 0 Å². The quantitative estimate of drug-likeness (QED) is 0.550. The summed E-state index contributed by atoms with van der Waals surface area (Å²) in [4.78, 5) is 0. The molecule has 0 aromatic heterocycles. The van der Waals surface area contributed by atoms with E-state index in [4.69, 9.17) is 23.8 Å². The zero-order valence-corrected chi connectivity index (χ0v) is 15.7. The van der Waals surface area contributed by atoms with E-state index >= 15 is 0 Å². The van der Waals surface area contributed by atoms with Crippen LogP contribution >= 0.6 is 23.8 Å². The van der Waals surface area contributed by atoms with Crippen LogP contribution in [-0.2, 0) is 0 Å². The Morgan fingerprint density at radius 1 is 1.00 bits per heavy atom. The summed E-state index contributed by atoms with van der Waals surface area (Å²) >= 11 is 11.3. The highest BCUT2D eigenvalue weighted by Gasteiger charge is 2.17. The van der Waals surface area contributed by atoms with Gasteiger partial charge < -0.3 is 10.6 Å². The molecule has 0 spiro atoms. The van der Waals surface area contributed by atoms with Crippen molar-refractivity contribution in [2.45, 2.75) is 13.0 Å². The number of thiocarbonyl (C=S) groups is 1. The van der Waals surface area contributed by atoms with Gasteiger partial charge in [-0.15, -0.1) is 0 Å². The Hall–Kier alpha value is -2.43. The number of nitrogens with one attached hydrogen (secondary N) is 2. The first-order valence-corrected chi connectivity index (χ1v) is 8.96. The van der Waals surface area contributed by atoms with Crippen LogP contribution in [-0.4, -0.2) is 5.11 Å². The summed E-state index contributed by atoms with van der Waals surface area (Å²) in [6.45, 7) is 2.07. The molecule has 0 aliphatic carbocycles. The Bertz CT molecular complexity index is 915. The molecule has 0 bridgehead atoms. The van der Waals surface area contributed by atoms with Gasteiger partial charge in [-0.1, -0.05) is 66.2 Å². The molecule has 0 radical (unpaired) electrons. The van der Waals surface area contributed by atoms with E-state index in [-0.39, 0.29) is 11.1 Å². The molecular formula is C21H18ClFN2S. The number of anilines is 1. The normalized spacial score (nSPS) is 11.7. The maximum atomic E-state index is 13.3. The standard InChI is InChI=1S/C21H18ClFN2S/c1-14-7-5-6-10-17(14)20(15-8-3-2-4-9-15)25-21(26)24-16-11-12-19(23)18(22)13-16/h2-13,20H,1H3,(H2,24,25,26)/t20-/m1/s1. The van der Waals surface area contributed by atoms with Crippen molar-refractivity contribution in [1.29, 1.82) is 0 Å². The van der Waals surface area contributed by atoms with Crippen LogP contribution in [0.5, 0.6) is 0 Å². The van der Waals surface area contributed by atoms with E-state index in [0.717, 1.165) is 11.1 Å². The van der Waals surface area contributed by atoms with Crippen LogP contribution in [0.2, 0.25) is 5.02 Å². The highest BCUT2D eigenvalue weighted by Crippen LogP contribution is 2.25. The first kappa shape index (κ1) is 18.4. The van der Waals surface area contributed by atoms with Crippen LogP contribution in [0.15, 0.2) is 72.8 Å². The van der Waals surface area contributed by atoms with Crippen LogP contribution < -0.4 is 10.6 Å². The maximum Gasteiger partial charge on any atom is 0.171 e. The second kappa shape index (κ2) is 8.30. The molecule has 0 aliphatic rings. The third kappa shape index (κ3) is 4.40. The number of halogens is 2. The maximum absolute atomic E-state index is 13.3. The zero-order valence-electron chi connectivity index (χ0n) is 14.2. The fourth-order valence-electron chi connectivity index (χ4n) is 2.77. The molecule has 0 saturated carbocycles. The molecule has 3 aromatic carbocycles. The lowest BCUT2D eigenvalue weighted by molar-refractivity contribution is 0.628. The molecular weight excluding hydrogens is 367 g/mol. The second-order valence-corrected chi connectivity index (χ2v) is 6.74. The van der Waals surface area contributed by atoms with E-state index < -0.39 is 5.82 Å². The minimum atomic E-state index is -0.460. The third-order valence-electron chi connectivity index (χ3n) is 4.09. The lowest BCUT2D eigenvalue weighted by Gasteiger charge is -2.23. The molecule has 26 heavy (non-hydrogen) atoms. The molecule has 1 atom stereocenters. The average molecular weight is 385 g/mol. The number of hydrogen-bond donors (Lipinski definition) is 2. The fourth-order valence-corrected chi connectivity index (χ4v) is 3.19. The van der Waals surface area contributed by atoms with E-state index in [0.29, 0.717) is 10.8 Å². The van der Waals surface area contributed by atoms with Gasteiger partial charge in [-0.25, -0.2) is 4.39 Å². The number of aryl methyl sites for hydroxylation is 1. The summed E-state index contributed by atoms with van der Waals surface area (Å²) < 4.78 is 13.3. The molecule has 0 fully saturated rings. The summed E-state index contributed by atoms with van der Waals surface area (Å²) in [5.74, 6) is -0.460. The molecule has 0 heterocycles. The van der Waals surface area contributed by atoms with Gasteiger partial charge in [-0.3, -0.25) is 0 Å². The molecule has 3 aromatic rings. The summed E-state index contributed by atoms with van der Waals surface area (Å²) in [5, 5.41) is 6.91. The van der Waals surface area contributed by atoms with Gasteiger partial charge in [0.2, 0.25) is 0 Å². The molecule has 0 amide bonds. The van der Waals surface area contributed by atoms with Gasteiger partial charge in [0.25, 0.3) is 0 Å². The molecule has 0 saturated heterocycles. The summed E-state index contributed by atoms with van der Waals surface area (Å²) in [6.07, 6.45) is 0. The van der Waals surface area contributed by atoms with E-state index in [9.17, 15) is 4.39 Å². The Kier molecular flexibility index (Phi) is 5.86. The Balaban J connectivity index is 1.85. The Labute approximate surface area is 163 Å². The highest BCUT2D eigenvalue weighted by molar-refractivity contribution is 7.80. The average Bonchev–Trinajstić information content (AvgIpc) is 2.64. The number of benzene rings is 3. The SMILES string of the molecule is Cc1ccccc1[C@H](NC(=S)Nc1ccc(F)c(Cl)c1)c1ccccc1. The lowest BCUT2D eigenvalue weighted by Crippen LogP contribution is -2.33. The smallest absolute Gasteiger partial charge is 0.171 e. The largest absolute Gasteiger partial charge is 0.352 e. The first-order valence-electron chi connectivity index (χ1n) is 8.17. The Morgan fingerprint density at radius 3 is 2.38 bits per heavy atom. The minimum absolute atomic E-state index is 0.0521. The summed E-state index contributed by atoms with van der Waals surface area (Å²) in [7, 11) is 0. The van der Waals surface area contributed by atoms with Crippen molar-refractivity contribution in [3.8, 4) is 0 Å². The molecule has 5 heteroatoms. The van der Waals surface area contributed by atoms with Gasteiger partial charge in [0.15, 0.2) is 5.11 Å². The lowest BCUT2D eigenvalue weighted by atomic mass is 9.95. The number of hydrogen-bond acceptors (Lipinski definition) is 1. The van der Waals surface area contributed by atoms with Crippen LogP contribution in [0, 0.1) is 12.7 Å². The number of rotatable bonds is 4. The van der Waals surface area contributed by atoms with Crippen molar-refractivity contribution >= 4 is 34.6 Å². The van der Waals surface area contributed by atoms with E-state index in [1.807, 2.05) is 30.3 Å². The van der Waals surface area contributed by atoms with E-state index in [2.05, 4.69) is 41.8 Å². The van der Waals surface area contributed by atoms with Crippen molar-refractivity contribution in [1.82, 2.24) is 5.32 Å². The van der Waals surface area contributed by atoms with Gasteiger partial charge in [0.05, 0.1) is 11.1 Å². The van der Waals surface area contributed by atoms with Crippen LogP contribution in [0.25, 0.3) is 0 Å². The van der Waals surface area contributed by atoms with Crippen molar-refractivity contribution in [2.75, 3.05) is 5.32 Å².